The van der Waals surface area contributed by atoms with Crippen molar-refractivity contribution in [2.24, 2.45) is 0 Å². The van der Waals surface area contributed by atoms with Gasteiger partial charge in [-0.1, -0.05) is 15.9 Å². The number of rotatable bonds is 4. The first-order chi connectivity index (χ1) is 8.16. The van der Waals surface area contributed by atoms with Gasteiger partial charge in [-0.05, 0) is 25.1 Å². The largest absolute Gasteiger partial charge is 0.305 e. The van der Waals surface area contributed by atoms with Crippen LogP contribution in [-0.4, -0.2) is 4.98 Å². The van der Waals surface area contributed by atoms with E-state index in [4.69, 9.17) is 0 Å². The van der Waals surface area contributed by atoms with Crippen LogP contribution in [0, 0.1) is 5.82 Å². The molecule has 1 aromatic carbocycles. The Kier molecular flexibility index (Phi) is 4.25. The van der Waals surface area contributed by atoms with Crippen molar-refractivity contribution in [3.8, 4) is 0 Å². The molecule has 0 radical (unpaired) electrons. The summed E-state index contributed by atoms with van der Waals surface area (Å²) in [4.78, 5) is 4.22. The molecule has 1 aromatic heterocycles. The Labute approximate surface area is 112 Å². The summed E-state index contributed by atoms with van der Waals surface area (Å²) in [5.41, 5.74) is 3.44. The van der Waals surface area contributed by atoms with Crippen LogP contribution >= 0.6 is 27.3 Å². The molecule has 1 unspecified atom stereocenters. The summed E-state index contributed by atoms with van der Waals surface area (Å²) in [6, 6.07) is 5.08. The lowest BCUT2D eigenvalue weighted by molar-refractivity contribution is 0.537. The number of hydrogen-bond acceptors (Lipinski definition) is 3. The molecule has 0 bridgehead atoms. The number of nitrogens with one attached hydrogen (secondary N) is 1. The fourth-order valence-corrected chi connectivity index (χ4v) is 2.54. The zero-order chi connectivity index (χ0) is 12.3. The standard InChI is InChI=1S/C12H12BrFN2S/c1-8(12-6-17-7-16-12)15-5-9-4-10(13)2-3-11(9)14/h2-4,6-8,15H,5H2,1H3. The van der Waals surface area contributed by atoms with Gasteiger partial charge in [-0.15, -0.1) is 11.3 Å². The number of hydrogen-bond donors (Lipinski definition) is 1. The molecule has 0 saturated carbocycles. The van der Waals surface area contributed by atoms with Gasteiger partial charge in [0.2, 0.25) is 0 Å². The maximum atomic E-state index is 13.5. The summed E-state index contributed by atoms with van der Waals surface area (Å²) in [6.07, 6.45) is 0. The van der Waals surface area contributed by atoms with Crippen LogP contribution in [0.2, 0.25) is 0 Å². The molecule has 0 spiro atoms. The molecule has 1 atom stereocenters. The summed E-state index contributed by atoms with van der Waals surface area (Å²) in [6.45, 7) is 2.51. The normalized spacial score (nSPS) is 12.6. The lowest BCUT2D eigenvalue weighted by Crippen LogP contribution is -2.19. The lowest BCUT2D eigenvalue weighted by Gasteiger charge is -2.12. The smallest absolute Gasteiger partial charge is 0.127 e. The van der Waals surface area contributed by atoms with Crippen molar-refractivity contribution in [1.82, 2.24) is 10.3 Å². The molecule has 5 heteroatoms. The number of nitrogens with zero attached hydrogens (tertiary/aromatic N) is 1. The SMILES string of the molecule is CC(NCc1cc(Br)ccc1F)c1cscn1. The first kappa shape index (κ1) is 12.7. The number of halogens is 2. The van der Waals surface area contributed by atoms with Gasteiger partial charge in [0, 0.05) is 28.0 Å². The quantitative estimate of drug-likeness (QED) is 0.926. The van der Waals surface area contributed by atoms with Crippen molar-refractivity contribution in [1.29, 1.82) is 0 Å². The van der Waals surface area contributed by atoms with E-state index in [1.165, 1.54) is 6.07 Å². The average Bonchev–Trinajstić information content (AvgIpc) is 2.83. The van der Waals surface area contributed by atoms with E-state index in [1.807, 2.05) is 12.3 Å². The summed E-state index contributed by atoms with van der Waals surface area (Å²) in [5, 5.41) is 5.25. The predicted molar refractivity (Wildman–Crippen MR) is 71.5 cm³/mol. The highest BCUT2D eigenvalue weighted by molar-refractivity contribution is 9.10. The van der Waals surface area contributed by atoms with E-state index < -0.39 is 0 Å². The van der Waals surface area contributed by atoms with E-state index in [0.717, 1.165) is 10.2 Å². The molecule has 1 N–H and O–H groups in total. The molecule has 2 rings (SSSR count). The van der Waals surface area contributed by atoms with Crippen LogP contribution in [0.25, 0.3) is 0 Å². The molecule has 1 heterocycles. The van der Waals surface area contributed by atoms with Crippen molar-refractivity contribution >= 4 is 27.3 Å². The van der Waals surface area contributed by atoms with Crippen molar-refractivity contribution in [3.63, 3.8) is 0 Å². The Bertz CT molecular complexity index is 487. The van der Waals surface area contributed by atoms with Crippen LogP contribution in [0.1, 0.15) is 24.2 Å². The molecule has 0 aliphatic carbocycles. The maximum Gasteiger partial charge on any atom is 0.127 e. The van der Waals surface area contributed by atoms with Crippen molar-refractivity contribution in [3.05, 3.63) is 50.6 Å². The number of thiazole rings is 1. The molecular formula is C12H12BrFN2S. The van der Waals surface area contributed by atoms with Gasteiger partial charge in [0.15, 0.2) is 0 Å². The summed E-state index contributed by atoms with van der Waals surface area (Å²) >= 11 is 4.90. The van der Waals surface area contributed by atoms with Crippen molar-refractivity contribution in [2.75, 3.05) is 0 Å². The van der Waals surface area contributed by atoms with Gasteiger partial charge >= 0.3 is 0 Å². The third-order valence-corrected chi connectivity index (χ3v) is 3.60. The van der Waals surface area contributed by atoms with Crippen molar-refractivity contribution < 1.29 is 4.39 Å². The molecule has 0 saturated heterocycles. The predicted octanol–water partition coefficient (Wildman–Crippen LogP) is 3.90. The second kappa shape index (κ2) is 5.71. The Hall–Kier alpha value is -0.780. The zero-order valence-corrected chi connectivity index (χ0v) is 11.7. The first-order valence-electron chi connectivity index (χ1n) is 5.22. The second-order valence-electron chi connectivity index (χ2n) is 3.75. The summed E-state index contributed by atoms with van der Waals surface area (Å²) in [5.74, 6) is -0.189. The highest BCUT2D eigenvalue weighted by Crippen LogP contribution is 2.17. The molecule has 0 aliphatic rings. The van der Waals surface area contributed by atoms with Crippen LogP contribution in [-0.2, 0) is 6.54 Å². The monoisotopic (exact) mass is 314 g/mol. The van der Waals surface area contributed by atoms with Crippen molar-refractivity contribution in [2.45, 2.75) is 19.5 Å². The highest BCUT2D eigenvalue weighted by atomic mass is 79.9. The van der Waals surface area contributed by atoms with Crippen LogP contribution < -0.4 is 5.32 Å². The first-order valence-corrected chi connectivity index (χ1v) is 6.96. The lowest BCUT2D eigenvalue weighted by atomic mass is 10.2. The van der Waals surface area contributed by atoms with E-state index >= 15 is 0 Å². The highest BCUT2D eigenvalue weighted by Gasteiger charge is 2.08. The average molecular weight is 315 g/mol. The fraction of sp³-hybridized carbons (Fsp3) is 0.250. The molecule has 90 valence electrons. The topological polar surface area (TPSA) is 24.9 Å². The number of benzene rings is 1. The third kappa shape index (κ3) is 3.34. The molecule has 2 aromatic rings. The van der Waals surface area contributed by atoms with Crippen LogP contribution in [0.5, 0.6) is 0 Å². The van der Waals surface area contributed by atoms with Gasteiger partial charge in [-0.25, -0.2) is 9.37 Å². The second-order valence-corrected chi connectivity index (χ2v) is 5.39. The fourth-order valence-electron chi connectivity index (χ4n) is 1.48. The molecular weight excluding hydrogens is 303 g/mol. The minimum atomic E-state index is -0.189. The Morgan fingerprint density at radius 2 is 2.35 bits per heavy atom. The van der Waals surface area contributed by atoms with Crippen LogP contribution in [0.15, 0.2) is 33.6 Å². The Morgan fingerprint density at radius 3 is 3.06 bits per heavy atom. The van der Waals surface area contributed by atoms with E-state index in [9.17, 15) is 4.39 Å². The third-order valence-electron chi connectivity index (χ3n) is 2.50. The molecule has 0 amide bonds. The Morgan fingerprint density at radius 1 is 1.53 bits per heavy atom. The van der Waals surface area contributed by atoms with Gasteiger partial charge in [0.1, 0.15) is 5.82 Å². The van der Waals surface area contributed by atoms with Gasteiger partial charge in [-0.2, -0.15) is 0 Å². The van der Waals surface area contributed by atoms with Crippen LogP contribution in [0.3, 0.4) is 0 Å². The van der Waals surface area contributed by atoms with Gasteiger partial charge < -0.3 is 5.32 Å². The van der Waals surface area contributed by atoms with E-state index in [2.05, 4.69) is 26.2 Å². The zero-order valence-electron chi connectivity index (χ0n) is 9.28. The van der Waals surface area contributed by atoms with Crippen LogP contribution in [0.4, 0.5) is 4.39 Å². The Balaban J connectivity index is 2.00. The minimum Gasteiger partial charge on any atom is -0.305 e. The summed E-state index contributed by atoms with van der Waals surface area (Å²) in [7, 11) is 0. The molecule has 0 fully saturated rings. The minimum absolute atomic E-state index is 0.125. The van der Waals surface area contributed by atoms with Gasteiger partial charge in [0.05, 0.1) is 11.2 Å². The molecule has 0 aliphatic heterocycles. The van der Waals surface area contributed by atoms with Gasteiger partial charge in [0.25, 0.3) is 0 Å². The summed E-state index contributed by atoms with van der Waals surface area (Å²) < 4.78 is 14.4. The maximum absolute atomic E-state index is 13.5. The number of aromatic nitrogens is 1. The van der Waals surface area contributed by atoms with E-state index in [1.54, 1.807) is 29.0 Å². The van der Waals surface area contributed by atoms with Gasteiger partial charge in [-0.3, -0.25) is 0 Å². The molecule has 2 nitrogen and oxygen atoms in total. The molecule has 17 heavy (non-hydrogen) atoms. The van der Waals surface area contributed by atoms with E-state index in [-0.39, 0.29) is 11.9 Å². The van der Waals surface area contributed by atoms with E-state index in [0.29, 0.717) is 12.1 Å².